The SMILES string of the molecule is CCn1nc(C)c(CN2CCC(Cc3ccc(CCC(=O)N4CCCC4)cc3)CC2)c1C. The second kappa shape index (κ2) is 10.7. The van der Waals surface area contributed by atoms with Crippen LogP contribution in [-0.4, -0.2) is 51.7 Å². The van der Waals surface area contributed by atoms with E-state index in [4.69, 9.17) is 0 Å². The molecule has 2 fully saturated rings. The van der Waals surface area contributed by atoms with Crippen molar-refractivity contribution in [2.75, 3.05) is 26.2 Å². The van der Waals surface area contributed by atoms with Gasteiger partial charge >= 0.3 is 0 Å². The van der Waals surface area contributed by atoms with E-state index < -0.39 is 0 Å². The summed E-state index contributed by atoms with van der Waals surface area (Å²) in [4.78, 5) is 16.9. The van der Waals surface area contributed by atoms with Gasteiger partial charge in [0.05, 0.1) is 5.69 Å². The van der Waals surface area contributed by atoms with Crippen LogP contribution < -0.4 is 0 Å². The average Bonchev–Trinajstić information content (AvgIpc) is 3.44. The molecule has 2 aliphatic rings. The summed E-state index contributed by atoms with van der Waals surface area (Å²) < 4.78 is 2.13. The summed E-state index contributed by atoms with van der Waals surface area (Å²) in [6.45, 7) is 12.8. The van der Waals surface area contributed by atoms with E-state index >= 15 is 0 Å². The normalized spacial score (nSPS) is 17.9. The first-order valence-electron chi connectivity index (χ1n) is 12.6. The van der Waals surface area contributed by atoms with Gasteiger partial charge in [0.15, 0.2) is 0 Å². The monoisotopic (exact) mass is 436 g/mol. The number of hydrogen-bond donors (Lipinski definition) is 0. The van der Waals surface area contributed by atoms with Crippen molar-refractivity contribution < 1.29 is 4.79 Å². The van der Waals surface area contributed by atoms with E-state index in [1.165, 1.54) is 73.3 Å². The fraction of sp³-hybridized carbons (Fsp3) is 0.630. The van der Waals surface area contributed by atoms with E-state index in [1.54, 1.807) is 0 Å². The lowest BCUT2D eigenvalue weighted by Gasteiger charge is -2.32. The minimum absolute atomic E-state index is 0.325. The standard InChI is InChI=1S/C27H40N4O/c1-4-31-22(3)26(21(2)28-31)20-29-17-13-25(14-18-29)19-24-9-7-23(8-10-24)11-12-27(32)30-15-5-6-16-30/h7-10,25H,4-6,11-20H2,1-3H3. The van der Waals surface area contributed by atoms with Crippen LogP contribution in [0.2, 0.25) is 0 Å². The van der Waals surface area contributed by atoms with Gasteiger partial charge in [-0.05, 0) is 89.4 Å². The Morgan fingerprint density at radius 3 is 2.28 bits per heavy atom. The van der Waals surface area contributed by atoms with Crippen LogP contribution in [0, 0.1) is 19.8 Å². The Labute approximate surface area is 193 Å². The molecule has 3 heterocycles. The van der Waals surface area contributed by atoms with Gasteiger partial charge in [-0.1, -0.05) is 24.3 Å². The van der Waals surface area contributed by atoms with Gasteiger partial charge in [0.1, 0.15) is 0 Å². The Morgan fingerprint density at radius 1 is 1.00 bits per heavy atom. The number of carbonyl (C=O) groups excluding carboxylic acids is 1. The second-order valence-electron chi connectivity index (χ2n) is 9.79. The average molecular weight is 437 g/mol. The fourth-order valence-corrected chi connectivity index (χ4v) is 5.39. The Hall–Kier alpha value is -2.14. The maximum Gasteiger partial charge on any atom is 0.222 e. The zero-order chi connectivity index (χ0) is 22.5. The summed E-state index contributed by atoms with van der Waals surface area (Å²) >= 11 is 0. The summed E-state index contributed by atoms with van der Waals surface area (Å²) in [6.07, 6.45) is 7.56. The van der Waals surface area contributed by atoms with Gasteiger partial charge in [0.25, 0.3) is 0 Å². The molecule has 2 aliphatic heterocycles. The highest BCUT2D eigenvalue weighted by Gasteiger charge is 2.22. The minimum Gasteiger partial charge on any atom is -0.343 e. The van der Waals surface area contributed by atoms with Gasteiger partial charge in [0, 0.05) is 43.9 Å². The number of rotatable bonds is 8. The highest BCUT2D eigenvalue weighted by Crippen LogP contribution is 2.25. The number of likely N-dealkylation sites (tertiary alicyclic amines) is 2. The van der Waals surface area contributed by atoms with Crippen LogP contribution in [0.1, 0.15) is 67.1 Å². The van der Waals surface area contributed by atoms with E-state index in [1.807, 2.05) is 4.90 Å². The predicted octanol–water partition coefficient (Wildman–Crippen LogP) is 4.53. The van der Waals surface area contributed by atoms with Gasteiger partial charge in [-0.2, -0.15) is 5.10 Å². The molecule has 5 nitrogen and oxygen atoms in total. The van der Waals surface area contributed by atoms with E-state index in [0.717, 1.165) is 38.5 Å². The van der Waals surface area contributed by atoms with Gasteiger partial charge in [-0.25, -0.2) is 0 Å². The summed E-state index contributed by atoms with van der Waals surface area (Å²) in [5, 5.41) is 4.68. The Balaban J connectivity index is 1.21. The molecule has 0 unspecified atom stereocenters. The van der Waals surface area contributed by atoms with Crippen LogP contribution in [0.3, 0.4) is 0 Å². The van der Waals surface area contributed by atoms with Crippen LogP contribution in [0.4, 0.5) is 0 Å². The first-order valence-corrected chi connectivity index (χ1v) is 12.6. The third-order valence-electron chi connectivity index (χ3n) is 7.55. The topological polar surface area (TPSA) is 41.4 Å². The van der Waals surface area contributed by atoms with Crippen LogP contribution in [0.5, 0.6) is 0 Å². The number of piperidine rings is 1. The molecule has 0 spiro atoms. The third-order valence-corrected chi connectivity index (χ3v) is 7.55. The maximum atomic E-state index is 12.3. The highest BCUT2D eigenvalue weighted by atomic mass is 16.2. The molecule has 0 atom stereocenters. The summed E-state index contributed by atoms with van der Waals surface area (Å²) in [7, 11) is 0. The Bertz CT molecular complexity index is 887. The number of aromatic nitrogens is 2. The predicted molar refractivity (Wildman–Crippen MR) is 130 cm³/mol. The van der Waals surface area contributed by atoms with Crippen LogP contribution in [-0.2, 0) is 30.7 Å². The molecule has 0 radical (unpaired) electrons. The zero-order valence-corrected chi connectivity index (χ0v) is 20.3. The molecule has 4 rings (SSSR count). The first-order chi connectivity index (χ1) is 15.5. The molecule has 1 aromatic heterocycles. The van der Waals surface area contributed by atoms with E-state index in [0.29, 0.717) is 12.3 Å². The number of aryl methyl sites for hydroxylation is 3. The van der Waals surface area contributed by atoms with E-state index in [2.05, 4.69) is 59.7 Å². The molecule has 0 saturated carbocycles. The number of carbonyl (C=O) groups is 1. The maximum absolute atomic E-state index is 12.3. The summed E-state index contributed by atoms with van der Waals surface area (Å²) in [5.74, 6) is 1.10. The molecule has 1 aromatic carbocycles. The van der Waals surface area contributed by atoms with E-state index in [9.17, 15) is 4.79 Å². The van der Waals surface area contributed by atoms with Crippen molar-refractivity contribution >= 4 is 5.91 Å². The van der Waals surface area contributed by atoms with E-state index in [-0.39, 0.29) is 0 Å². The number of hydrogen-bond acceptors (Lipinski definition) is 3. The molecule has 0 bridgehead atoms. The van der Waals surface area contributed by atoms with Crippen molar-refractivity contribution in [3.63, 3.8) is 0 Å². The minimum atomic E-state index is 0.325. The number of amides is 1. The number of benzene rings is 1. The lowest BCUT2D eigenvalue weighted by Crippen LogP contribution is -2.34. The van der Waals surface area contributed by atoms with Crippen LogP contribution in [0.25, 0.3) is 0 Å². The molecule has 0 N–H and O–H groups in total. The zero-order valence-electron chi connectivity index (χ0n) is 20.3. The molecular weight excluding hydrogens is 396 g/mol. The molecule has 2 aromatic rings. The Morgan fingerprint density at radius 2 is 1.66 bits per heavy atom. The molecule has 2 saturated heterocycles. The Kier molecular flexibility index (Phi) is 7.67. The summed E-state index contributed by atoms with van der Waals surface area (Å²) in [5.41, 5.74) is 6.66. The van der Waals surface area contributed by atoms with Gasteiger partial charge in [0.2, 0.25) is 5.91 Å². The lowest BCUT2D eigenvalue weighted by molar-refractivity contribution is -0.130. The van der Waals surface area contributed by atoms with Gasteiger partial charge < -0.3 is 4.90 Å². The van der Waals surface area contributed by atoms with Crippen LogP contribution in [0.15, 0.2) is 24.3 Å². The quantitative estimate of drug-likeness (QED) is 0.610. The van der Waals surface area contributed by atoms with Gasteiger partial charge in [-0.3, -0.25) is 14.4 Å². The largest absolute Gasteiger partial charge is 0.343 e. The van der Waals surface area contributed by atoms with Gasteiger partial charge in [-0.15, -0.1) is 0 Å². The molecule has 32 heavy (non-hydrogen) atoms. The molecule has 1 amide bonds. The fourth-order valence-electron chi connectivity index (χ4n) is 5.39. The molecule has 5 heteroatoms. The second-order valence-corrected chi connectivity index (χ2v) is 9.79. The van der Waals surface area contributed by atoms with Crippen molar-refractivity contribution in [3.8, 4) is 0 Å². The van der Waals surface area contributed by atoms with Crippen LogP contribution >= 0.6 is 0 Å². The highest BCUT2D eigenvalue weighted by molar-refractivity contribution is 5.76. The van der Waals surface area contributed by atoms with Crippen molar-refractivity contribution in [1.82, 2.24) is 19.6 Å². The molecule has 174 valence electrons. The lowest BCUT2D eigenvalue weighted by atomic mass is 9.89. The number of nitrogens with zero attached hydrogens (tertiary/aromatic N) is 4. The molecule has 0 aliphatic carbocycles. The van der Waals surface area contributed by atoms with Crippen molar-refractivity contribution in [2.45, 2.75) is 78.8 Å². The van der Waals surface area contributed by atoms with Crippen molar-refractivity contribution in [2.24, 2.45) is 5.92 Å². The smallest absolute Gasteiger partial charge is 0.222 e. The van der Waals surface area contributed by atoms with Crippen molar-refractivity contribution in [1.29, 1.82) is 0 Å². The first kappa shape index (κ1) is 23.0. The summed E-state index contributed by atoms with van der Waals surface area (Å²) in [6, 6.07) is 9.04. The molecular formula is C27H40N4O. The van der Waals surface area contributed by atoms with Crippen molar-refractivity contribution in [3.05, 3.63) is 52.3 Å². The third kappa shape index (κ3) is 5.61.